The highest BCUT2D eigenvalue weighted by molar-refractivity contribution is 6.36. The number of carboxylic acid groups (broad SMARTS) is 1. The normalized spacial score (nSPS) is 18.9. The predicted octanol–water partition coefficient (Wildman–Crippen LogP) is 2.06. The molecular weight excluding hydrogens is 312 g/mol. The van der Waals surface area contributed by atoms with E-state index in [0.717, 1.165) is 17.0 Å². The highest BCUT2D eigenvalue weighted by Gasteiger charge is 2.34. The summed E-state index contributed by atoms with van der Waals surface area (Å²) in [5, 5.41) is 8.83. The molecule has 8 heteroatoms. The molecule has 0 radical (unpaired) electrons. The molecule has 1 aromatic carbocycles. The third-order valence-electron chi connectivity index (χ3n) is 2.91. The first-order valence-electron chi connectivity index (χ1n) is 5.68. The molecule has 108 valence electrons. The van der Waals surface area contributed by atoms with Gasteiger partial charge in [-0.25, -0.2) is 9.18 Å². The Morgan fingerprint density at radius 2 is 2.05 bits per heavy atom. The Hall–Kier alpha value is -1.37. The zero-order valence-electron chi connectivity index (χ0n) is 10.1. The van der Waals surface area contributed by atoms with Gasteiger partial charge in [0.2, 0.25) is 0 Å². The van der Waals surface area contributed by atoms with E-state index >= 15 is 0 Å². The number of halogens is 3. The van der Waals surface area contributed by atoms with Crippen molar-refractivity contribution in [3.05, 3.63) is 33.6 Å². The number of nitrogens with zero attached hydrogens (tertiary/aromatic N) is 1. The summed E-state index contributed by atoms with van der Waals surface area (Å²) in [6.07, 6.45) is 0. The van der Waals surface area contributed by atoms with Crippen LogP contribution >= 0.6 is 23.2 Å². The van der Waals surface area contributed by atoms with Gasteiger partial charge in [0.05, 0.1) is 28.8 Å². The van der Waals surface area contributed by atoms with Crippen LogP contribution < -0.4 is 0 Å². The second-order valence-electron chi connectivity index (χ2n) is 4.17. The molecule has 1 aliphatic rings. The van der Waals surface area contributed by atoms with E-state index in [2.05, 4.69) is 0 Å². The molecule has 2 rings (SSSR count). The monoisotopic (exact) mass is 321 g/mol. The van der Waals surface area contributed by atoms with E-state index < -0.39 is 23.7 Å². The number of carboxylic acids is 1. The van der Waals surface area contributed by atoms with Gasteiger partial charge in [0, 0.05) is 6.54 Å². The van der Waals surface area contributed by atoms with Gasteiger partial charge in [-0.1, -0.05) is 23.2 Å². The lowest BCUT2D eigenvalue weighted by Gasteiger charge is -2.33. The quantitative estimate of drug-likeness (QED) is 0.847. The minimum Gasteiger partial charge on any atom is -0.480 e. The minimum atomic E-state index is -1.19. The van der Waals surface area contributed by atoms with Crippen molar-refractivity contribution in [2.75, 3.05) is 19.8 Å². The molecule has 1 amide bonds. The molecule has 20 heavy (non-hydrogen) atoms. The van der Waals surface area contributed by atoms with E-state index in [1.54, 1.807) is 0 Å². The summed E-state index contributed by atoms with van der Waals surface area (Å²) >= 11 is 11.4. The number of morpholine rings is 1. The lowest BCUT2D eigenvalue weighted by molar-refractivity contribution is -0.147. The molecule has 1 aromatic rings. The van der Waals surface area contributed by atoms with Crippen LogP contribution in [0.3, 0.4) is 0 Å². The first-order chi connectivity index (χ1) is 9.41. The fourth-order valence-electron chi connectivity index (χ4n) is 1.89. The Kier molecular flexibility index (Phi) is 4.47. The van der Waals surface area contributed by atoms with Crippen molar-refractivity contribution in [3.63, 3.8) is 0 Å². The van der Waals surface area contributed by atoms with Crippen molar-refractivity contribution in [2.45, 2.75) is 6.04 Å². The summed E-state index contributed by atoms with van der Waals surface area (Å²) in [6.45, 7) is 0.189. The number of carbonyl (C=O) groups is 2. The number of carbonyl (C=O) groups excluding carboxylic acids is 1. The fourth-order valence-corrected chi connectivity index (χ4v) is 2.36. The van der Waals surface area contributed by atoms with Crippen molar-refractivity contribution < 1.29 is 23.8 Å². The van der Waals surface area contributed by atoms with Crippen molar-refractivity contribution in [3.8, 4) is 0 Å². The molecule has 0 bridgehead atoms. The summed E-state index contributed by atoms with van der Waals surface area (Å²) in [5.41, 5.74) is -0.123. The smallest absolute Gasteiger partial charge is 0.328 e. The van der Waals surface area contributed by atoms with Gasteiger partial charge in [0.15, 0.2) is 6.04 Å². The van der Waals surface area contributed by atoms with Gasteiger partial charge in [0.1, 0.15) is 5.82 Å². The number of hydrogen-bond donors (Lipinski definition) is 1. The minimum absolute atomic E-state index is 0.0305. The van der Waals surface area contributed by atoms with E-state index in [0.29, 0.717) is 0 Å². The topological polar surface area (TPSA) is 66.8 Å². The maximum atomic E-state index is 13.4. The van der Waals surface area contributed by atoms with Gasteiger partial charge < -0.3 is 14.7 Å². The third kappa shape index (κ3) is 2.87. The Bertz CT molecular complexity index is 567. The van der Waals surface area contributed by atoms with Crippen LogP contribution in [0.4, 0.5) is 4.39 Å². The SMILES string of the molecule is O=C(O)[C@@H]1COCCN1C(=O)c1cc(F)c(Cl)cc1Cl. The molecule has 1 heterocycles. The fraction of sp³-hybridized carbons (Fsp3) is 0.333. The first-order valence-corrected chi connectivity index (χ1v) is 6.43. The van der Waals surface area contributed by atoms with E-state index in [4.69, 9.17) is 33.0 Å². The van der Waals surface area contributed by atoms with Gasteiger partial charge in [-0.15, -0.1) is 0 Å². The molecule has 1 aliphatic heterocycles. The van der Waals surface area contributed by atoms with Gasteiger partial charge in [-0.05, 0) is 12.1 Å². The molecule has 1 N–H and O–H groups in total. The molecular formula is C12H10Cl2FNO4. The second-order valence-corrected chi connectivity index (χ2v) is 4.99. The first kappa shape index (κ1) is 15.0. The number of amides is 1. The zero-order valence-corrected chi connectivity index (χ0v) is 11.6. The molecule has 0 aromatic heterocycles. The number of ether oxygens (including phenoxy) is 1. The number of rotatable bonds is 2. The number of benzene rings is 1. The molecule has 0 aliphatic carbocycles. The van der Waals surface area contributed by atoms with E-state index in [1.807, 2.05) is 0 Å². The molecule has 0 unspecified atom stereocenters. The predicted molar refractivity (Wildman–Crippen MR) is 69.7 cm³/mol. The van der Waals surface area contributed by atoms with Crippen LogP contribution in [0.2, 0.25) is 10.0 Å². The second kappa shape index (κ2) is 5.95. The number of hydrogen-bond acceptors (Lipinski definition) is 3. The van der Waals surface area contributed by atoms with Gasteiger partial charge in [0.25, 0.3) is 5.91 Å². The van der Waals surface area contributed by atoms with Crippen LogP contribution in [0.1, 0.15) is 10.4 Å². The lowest BCUT2D eigenvalue weighted by Crippen LogP contribution is -2.52. The maximum absolute atomic E-state index is 13.4. The molecule has 0 saturated carbocycles. The number of aliphatic carboxylic acids is 1. The van der Waals surface area contributed by atoms with Crippen LogP contribution in [0.25, 0.3) is 0 Å². The summed E-state index contributed by atoms with van der Waals surface area (Å²) in [5.74, 6) is -2.65. The average Bonchev–Trinajstić information content (AvgIpc) is 2.42. The van der Waals surface area contributed by atoms with Crippen LogP contribution in [-0.4, -0.2) is 47.7 Å². The molecule has 0 spiro atoms. The highest BCUT2D eigenvalue weighted by atomic mass is 35.5. The van der Waals surface area contributed by atoms with E-state index in [-0.39, 0.29) is 35.4 Å². The van der Waals surface area contributed by atoms with Crippen LogP contribution in [-0.2, 0) is 9.53 Å². The van der Waals surface area contributed by atoms with Crippen molar-refractivity contribution >= 4 is 35.1 Å². The lowest BCUT2D eigenvalue weighted by atomic mass is 10.1. The molecule has 1 atom stereocenters. The summed E-state index contributed by atoms with van der Waals surface area (Å²) in [6, 6.07) is 0.898. The van der Waals surface area contributed by atoms with Gasteiger partial charge >= 0.3 is 5.97 Å². The molecule has 1 saturated heterocycles. The van der Waals surface area contributed by atoms with E-state index in [1.165, 1.54) is 0 Å². The summed E-state index contributed by atoms with van der Waals surface area (Å²) < 4.78 is 18.5. The van der Waals surface area contributed by atoms with Crippen LogP contribution in [0, 0.1) is 5.82 Å². The maximum Gasteiger partial charge on any atom is 0.328 e. The Morgan fingerprint density at radius 1 is 1.35 bits per heavy atom. The molecule has 1 fully saturated rings. The van der Waals surface area contributed by atoms with Gasteiger partial charge in [-0.2, -0.15) is 0 Å². The summed E-state index contributed by atoms with van der Waals surface area (Å²) in [7, 11) is 0. The van der Waals surface area contributed by atoms with Crippen LogP contribution in [0.5, 0.6) is 0 Å². The Morgan fingerprint density at radius 3 is 2.70 bits per heavy atom. The van der Waals surface area contributed by atoms with Gasteiger partial charge in [-0.3, -0.25) is 4.79 Å². The summed E-state index contributed by atoms with van der Waals surface area (Å²) in [4.78, 5) is 24.5. The standard InChI is InChI=1S/C12H10Cl2FNO4/c13-7-4-8(14)9(15)3-6(7)11(17)16-1-2-20-5-10(16)12(18)19/h3-4,10H,1-2,5H2,(H,18,19)/t10-/m0/s1. The average molecular weight is 322 g/mol. The van der Waals surface area contributed by atoms with E-state index in [9.17, 15) is 14.0 Å². The van der Waals surface area contributed by atoms with Crippen molar-refractivity contribution in [1.82, 2.24) is 4.90 Å². The Balaban J connectivity index is 2.34. The highest BCUT2D eigenvalue weighted by Crippen LogP contribution is 2.26. The third-order valence-corrected chi connectivity index (χ3v) is 3.52. The van der Waals surface area contributed by atoms with Crippen molar-refractivity contribution in [1.29, 1.82) is 0 Å². The molecule has 5 nitrogen and oxygen atoms in total. The van der Waals surface area contributed by atoms with Crippen LogP contribution in [0.15, 0.2) is 12.1 Å². The van der Waals surface area contributed by atoms with Crippen molar-refractivity contribution in [2.24, 2.45) is 0 Å². The zero-order chi connectivity index (χ0) is 14.9. The largest absolute Gasteiger partial charge is 0.480 e. The Labute approximate surface area is 123 Å².